The van der Waals surface area contributed by atoms with Crippen molar-refractivity contribution < 1.29 is 13.3 Å². The molecular weight excluding hydrogens is 419 g/mol. The molecule has 166 valence electrons. The lowest BCUT2D eigenvalue weighted by molar-refractivity contribution is 0.413. The molecule has 8 nitrogen and oxygen atoms in total. The largest absolute Gasteiger partial charge is 0.495 e. The molecule has 0 amide bonds. The van der Waals surface area contributed by atoms with Gasteiger partial charge in [0.2, 0.25) is 0 Å². The van der Waals surface area contributed by atoms with E-state index < -0.39 is 22.7 Å². The minimum absolute atomic E-state index is 0.147. The third kappa shape index (κ3) is 6.42. The number of anilines is 2. The minimum atomic E-state index is -1.19. The summed E-state index contributed by atoms with van der Waals surface area (Å²) in [4.78, 5) is 17.0. The zero-order chi connectivity index (χ0) is 23.0. The number of rotatable bonds is 7. The second-order valence-electron chi connectivity index (χ2n) is 6.34. The van der Waals surface area contributed by atoms with E-state index in [2.05, 4.69) is 25.3 Å². The molecule has 0 aliphatic heterocycles. The first kappa shape index (κ1) is 24.1. The van der Waals surface area contributed by atoms with Gasteiger partial charge in [-0.1, -0.05) is 13.8 Å². The first-order chi connectivity index (χ1) is 14.9. The van der Waals surface area contributed by atoms with Crippen molar-refractivity contribution in [2.24, 2.45) is 10.7 Å². The Morgan fingerprint density at radius 3 is 2.68 bits per heavy atom. The Hall–Kier alpha value is -3.14. The molecule has 3 aromatic heterocycles. The van der Waals surface area contributed by atoms with E-state index in [1.54, 1.807) is 38.6 Å². The van der Waals surface area contributed by atoms with Crippen LogP contribution in [0.15, 0.2) is 41.8 Å². The van der Waals surface area contributed by atoms with Crippen molar-refractivity contribution in [1.29, 1.82) is 0 Å². The van der Waals surface area contributed by atoms with E-state index in [0.29, 0.717) is 28.3 Å². The number of aromatic nitrogens is 3. The summed E-state index contributed by atoms with van der Waals surface area (Å²) in [7, 11) is 0.368. The van der Waals surface area contributed by atoms with Gasteiger partial charge in [0.05, 0.1) is 42.6 Å². The number of hydrogen-bond acceptors (Lipinski definition) is 7. The highest BCUT2D eigenvalue weighted by Crippen LogP contribution is 2.28. The molecule has 0 bridgehead atoms. The maximum atomic E-state index is 14.5. The van der Waals surface area contributed by atoms with Crippen LogP contribution in [-0.4, -0.2) is 44.1 Å². The van der Waals surface area contributed by atoms with Crippen molar-refractivity contribution in [2.75, 3.05) is 24.4 Å². The summed E-state index contributed by atoms with van der Waals surface area (Å²) in [6.07, 6.45) is 5.85. The van der Waals surface area contributed by atoms with Crippen molar-refractivity contribution in [1.82, 2.24) is 15.0 Å². The Labute approximate surface area is 183 Å². The molecule has 2 atom stereocenters. The van der Waals surface area contributed by atoms with Gasteiger partial charge in [0, 0.05) is 40.6 Å². The number of nitrogens with one attached hydrogen (secondary N) is 1. The summed E-state index contributed by atoms with van der Waals surface area (Å²) >= 11 is 0. The predicted molar refractivity (Wildman–Crippen MR) is 124 cm³/mol. The fourth-order valence-corrected chi connectivity index (χ4v) is 3.50. The van der Waals surface area contributed by atoms with Crippen molar-refractivity contribution in [3.05, 3.63) is 48.2 Å². The molecule has 0 saturated carbocycles. The number of aliphatic imine (C=N–C) groups is 1. The number of halogens is 1. The Balaban J connectivity index is 0.00000166. The highest BCUT2D eigenvalue weighted by molar-refractivity contribution is 7.84. The van der Waals surface area contributed by atoms with Crippen LogP contribution >= 0.6 is 0 Å². The highest BCUT2D eigenvalue weighted by atomic mass is 32.2. The third-order valence-corrected chi connectivity index (χ3v) is 4.83. The molecule has 3 N–H and O–H groups in total. The standard InChI is InChI=1S/C19H21FN6O2S.C2H6/c1-11(21)25-17(10-29(3)27)13-7-18(23-9-14(13)20)26-15-4-5-22-16-6-12(28-2)8-24-19(15)16;1-2/h4-9,17H,10H2,1-3H3,(H2,21,25)(H,22,23,26);1-2H3. The highest BCUT2D eigenvalue weighted by Gasteiger charge is 2.18. The van der Waals surface area contributed by atoms with Crippen LogP contribution in [0.25, 0.3) is 11.0 Å². The summed E-state index contributed by atoms with van der Waals surface area (Å²) in [6.45, 7) is 5.60. The molecule has 10 heteroatoms. The lowest BCUT2D eigenvalue weighted by atomic mass is 10.1. The molecule has 0 saturated heterocycles. The van der Waals surface area contributed by atoms with Crippen molar-refractivity contribution in [2.45, 2.75) is 26.8 Å². The smallest absolute Gasteiger partial charge is 0.147 e. The molecule has 2 unspecified atom stereocenters. The van der Waals surface area contributed by atoms with Crippen molar-refractivity contribution in [3.8, 4) is 5.75 Å². The lowest BCUT2D eigenvalue weighted by Crippen LogP contribution is -2.15. The van der Waals surface area contributed by atoms with Crippen LogP contribution in [0.3, 0.4) is 0 Å². The number of ether oxygens (including phenoxy) is 1. The van der Waals surface area contributed by atoms with E-state index in [4.69, 9.17) is 10.5 Å². The van der Waals surface area contributed by atoms with Crippen LogP contribution in [0, 0.1) is 5.82 Å². The second kappa shape index (κ2) is 11.3. The molecule has 3 rings (SSSR count). The zero-order valence-corrected chi connectivity index (χ0v) is 19.0. The molecule has 0 fully saturated rings. The van der Waals surface area contributed by atoms with Gasteiger partial charge >= 0.3 is 0 Å². The minimum Gasteiger partial charge on any atom is -0.495 e. The number of methoxy groups -OCH3 is 1. The summed E-state index contributed by atoms with van der Waals surface area (Å²) in [5.74, 6) is 0.870. The normalized spacial score (nSPS) is 13.2. The number of amidine groups is 1. The number of pyridine rings is 3. The molecule has 3 aromatic rings. The van der Waals surface area contributed by atoms with E-state index in [1.165, 1.54) is 12.3 Å². The van der Waals surface area contributed by atoms with Crippen molar-refractivity contribution >= 4 is 39.2 Å². The van der Waals surface area contributed by atoms with Gasteiger partial charge in [-0.25, -0.2) is 14.4 Å². The van der Waals surface area contributed by atoms with E-state index in [1.807, 2.05) is 13.8 Å². The summed E-state index contributed by atoms with van der Waals surface area (Å²) in [5.41, 5.74) is 7.84. The maximum Gasteiger partial charge on any atom is 0.147 e. The molecule has 0 aliphatic rings. The maximum absolute atomic E-state index is 14.5. The molecule has 0 spiro atoms. The van der Waals surface area contributed by atoms with Crippen LogP contribution < -0.4 is 15.8 Å². The van der Waals surface area contributed by atoms with Gasteiger partial charge in [-0.3, -0.25) is 14.2 Å². The number of nitrogens with two attached hydrogens (primary N) is 1. The molecule has 0 aliphatic carbocycles. The van der Waals surface area contributed by atoms with Gasteiger partial charge < -0.3 is 15.8 Å². The number of nitrogens with zero attached hydrogens (tertiary/aromatic N) is 4. The van der Waals surface area contributed by atoms with Crippen LogP contribution in [0.2, 0.25) is 0 Å². The Bertz CT molecular complexity index is 1090. The summed E-state index contributed by atoms with van der Waals surface area (Å²) < 4.78 is 31.4. The number of fused-ring (bicyclic) bond motifs is 1. The first-order valence-electron chi connectivity index (χ1n) is 9.68. The second-order valence-corrected chi connectivity index (χ2v) is 7.82. The topological polar surface area (TPSA) is 115 Å². The number of hydrogen-bond donors (Lipinski definition) is 2. The molecule has 0 radical (unpaired) electrons. The van der Waals surface area contributed by atoms with E-state index >= 15 is 0 Å². The quantitative estimate of drug-likeness (QED) is 0.419. The van der Waals surface area contributed by atoms with Crippen LogP contribution in [0.4, 0.5) is 15.9 Å². The van der Waals surface area contributed by atoms with Gasteiger partial charge in [0.1, 0.15) is 22.9 Å². The van der Waals surface area contributed by atoms with Crippen LogP contribution in [0.5, 0.6) is 5.75 Å². The van der Waals surface area contributed by atoms with Gasteiger partial charge in [-0.2, -0.15) is 0 Å². The van der Waals surface area contributed by atoms with Crippen molar-refractivity contribution in [3.63, 3.8) is 0 Å². The van der Waals surface area contributed by atoms with Crippen LogP contribution in [0.1, 0.15) is 32.4 Å². The van der Waals surface area contributed by atoms with E-state index in [-0.39, 0.29) is 17.2 Å². The van der Waals surface area contributed by atoms with Gasteiger partial charge in [0.15, 0.2) is 0 Å². The fraction of sp³-hybridized carbons (Fsp3) is 0.333. The average molecular weight is 447 g/mol. The van der Waals surface area contributed by atoms with Gasteiger partial charge in [-0.05, 0) is 19.1 Å². The third-order valence-electron chi connectivity index (χ3n) is 4.05. The predicted octanol–water partition coefficient (Wildman–Crippen LogP) is 3.74. The molecule has 0 aromatic carbocycles. The van der Waals surface area contributed by atoms with E-state index in [9.17, 15) is 8.60 Å². The molecule has 3 heterocycles. The van der Waals surface area contributed by atoms with E-state index in [0.717, 1.165) is 6.20 Å². The first-order valence-corrected chi connectivity index (χ1v) is 11.4. The van der Waals surface area contributed by atoms with Crippen LogP contribution in [-0.2, 0) is 10.8 Å². The summed E-state index contributed by atoms with van der Waals surface area (Å²) in [5, 5.41) is 3.14. The summed E-state index contributed by atoms with van der Waals surface area (Å²) in [6, 6.07) is 4.37. The van der Waals surface area contributed by atoms with Gasteiger partial charge in [-0.15, -0.1) is 0 Å². The zero-order valence-electron chi connectivity index (χ0n) is 18.2. The van der Waals surface area contributed by atoms with Gasteiger partial charge in [0.25, 0.3) is 0 Å². The SMILES string of the molecule is CC.COc1cnc2c(Nc3cc(C(CS(C)=O)N=C(C)N)c(F)cn3)ccnc2c1. The Kier molecular flexibility index (Phi) is 8.80. The average Bonchev–Trinajstić information content (AvgIpc) is 2.75. The Morgan fingerprint density at radius 2 is 2.03 bits per heavy atom. The lowest BCUT2D eigenvalue weighted by Gasteiger charge is -2.15. The molecular formula is C21H27FN6O2S. The molecule has 31 heavy (non-hydrogen) atoms. The fourth-order valence-electron chi connectivity index (χ4n) is 2.80. The monoisotopic (exact) mass is 446 g/mol. The Morgan fingerprint density at radius 1 is 1.29 bits per heavy atom.